The van der Waals surface area contributed by atoms with Crippen molar-refractivity contribution in [2.75, 3.05) is 18.8 Å². The maximum absolute atomic E-state index is 5.83. The van der Waals surface area contributed by atoms with E-state index in [0.29, 0.717) is 0 Å². The zero-order valence-corrected chi connectivity index (χ0v) is 9.98. The summed E-state index contributed by atoms with van der Waals surface area (Å²) in [5, 5.41) is 1.11. The Morgan fingerprint density at radius 1 is 1.12 bits per heavy atom. The molecule has 1 aliphatic heterocycles. The Morgan fingerprint density at radius 3 is 2.76 bits per heavy atom. The molecule has 0 bridgehead atoms. The molecule has 17 heavy (non-hydrogen) atoms. The third-order valence-corrected chi connectivity index (χ3v) is 3.42. The highest BCUT2D eigenvalue weighted by molar-refractivity contribution is 5.81. The van der Waals surface area contributed by atoms with E-state index >= 15 is 0 Å². The van der Waals surface area contributed by atoms with Crippen LogP contribution in [0.25, 0.3) is 11.0 Å². The van der Waals surface area contributed by atoms with Crippen LogP contribution in [-0.4, -0.2) is 18.0 Å². The fourth-order valence-corrected chi connectivity index (χ4v) is 2.53. The van der Waals surface area contributed by atoms with Crippen molar-refractivity contribution in [3.63, 3.8) is 0 Å². The summed E-state index contributed by atoms with van der Waals surface area (Å²) >= 11 is 0. The van der Waals surface area contributed by atoms with E-state index < -0.39 is 0 Å². The van der Waals surface area contributed by atoms with Crippen molar-refractivity contribution in [1.82, 2.24) is 4.90 Å². The smallest absolute Gasteiger partial charge is 0.134 e. The molecule has 0 saturated carbocycles. The second-order valence-electron chi connectivity index (χ2n) is 4.85. The molecule has 2 N–H and O–H groups in total. The average Bonchev–Trinajstić information content (AvgIpc) is 2.71. The Bertz CT molecular complexity index is 512. The van der Waals surface area contributed by atoms with Gasteiger partial charge in [-0.05, 0) is 50.2 Å². The number of nitrogens with zero attached hydrogens (tertiary/aromatic N) is 1. The quantitative estimate of drug-likeness (QED) is 0.806. The lowest BCUT2D eigenvalue weighted by Crippen LogP contribution is -2.28. The van der Waals surface area contributed by atoms with Gasteiger partial charge in [0.1, 0.15) is 11.3 Å². The molecular weight excluding hydrogens is 212 g/mol. The maximum Gasteiger partial charge on any atom is 0.134 e. The minimum atomic E-state index is 0.794. The second kappa shape index (κ2) is 4.41. The van der Waals surface area contributed by atoms with Gasteiger partial charge in [0.05, 0.1) is 6.54 Å². The first kappa shape index (κ1) is 10.7. The van der Waals surface area contributed by atoms with Gasteiger partial charge < -0.3 is 10.2 Å². The first-order valence-electron chi connectivity index (χ1n) is 6.31. The van der Waals surface area contributed by atoms with E-state index in [9.17, 15) is 0 Å². The van der Waals surface area contributed by atoms with E-state index in [2.05, 4.69) is 11.0 Å². The van der Waals surface area contributed by atoms with Crippen molar-refractivity contribution >= 4 is 16.7 Å². The van der Waals surface area contributed by atoms with Crippen molar-refractivity contribution in [3.8, 4) is 0 Å². The Hall–Kier alpha value is -1.48. The fraction of sp³-hybridized carbons (Fsp3) is 0.429. The van der Waals surface area contributed by atoms with Crippen LogP contribution in [0.15, 0.2) is 28.7 Å². The van der Waals surface area contributed by atoms with E-state index in [1.165, 1.54) is 32.4 Å². The molecule has 0 radical (unpaired) electrons. The van der Waals surface area contributed by atoms with Crippen LogP contribution >= 0.6 is 0 Å². The van der Waals surface area contributed by atoms with E-state index in [-0.39, 0.29) is 0 Å². The molecule has 0 amide bonds. The van der Waals surface area contributed by atoms with Gasteiger partial charge in [0.2, 0.25) is 0 Å². The number of rotatable bonds is 2. The van der Waals surface area contributed by atoms with Crippen molar-refractivity contribution in [2.45, 2.75) is 25.8 Å². The summed E-state index contributed by atoms with van der Waals surface area (Å²) in [4.78, 5) is 2.46. The topological polar surface area (TPSA) is 42.4 Å². The number of fused-ring (bicyclic) bond motifs is 1. The van der Waals surface area contributed by atoms with Crippen LogP contribution in [0.2, 0.25) is 0 Å². The summed E-state index contributed by atoms with van der Waals surface area (Å²) in [6.45, 7) is 3.31. The summed E-state index contributed by atoms with van der Waals surface area (Å²) in [5.74, 6) is 1.05. The number of nitrogen functional groups attached to an aromatic ring is 1. The van der Waals surface area contributed by atoms with Crippen LogP contribution in [0.4, 0.5) is 5.69 Å². The lowest BCUT2D eigenvalue weighted by molar-refractivity contribution is 0.207. The molecule has 3 heteroatoms. The first-order valence-corrected chi connectivity index (χ1v) is 6.31. The van der Waals surface area contributed by atoms with Gasteiger partial charge in [-0.1, -0.05) is 6.42 Å². The Labute approximate surface area is 101 Å². The number of piperidine rings is 1. The normalized spacial score (nSPS) is 17.6. The van der Waals surface area contributed by atoms with Gasteiger partial charge in [-0.3, -0.25) is 4.90 Å². The molecule has 0 atom stereocenters. The zero-order valence-electron chi connectivity index (χ0n) is 9.98. The molecule has 0 unspecified atom stereocenters. The first-order chi connectivity index (χ1) is 8.31. The summed E-state index contributed by atoms with van der Waals surface area (Å²) in [5.41, 5.74) is 7.50. The molecule has 1 aliphatic rings. The summed E-state index contributed by atoms with van der Waals surface area (Å²) in [7, 11) is 0. The van der Waals surface area contributed by atoms with Crippen LogP contribution in [-0.2, 0) is 6.54 Å². The molecule has 3 nitrogen and oxygen atoms in total. The van der Waals surface area contributed by atoms with Crippen LogP contribution in [0.3, 0.4) is 0 Å². The molecule has 1 fully saturated rings. The van der Waals surface area contributed by atoms with Crippen LogP contribution < -0.4 is 5.73 Å². The van der Waals surface area contributed by atoms with Crippen LogP contribution in [0.1, 0.15) is 25.0 Å². The molecule has 2 aromatic rings. The Balaban J connectivity index is 1.80. The number of furan rings is 1. The minimum absolute atomic E-state index is 0.794. The van der Waals surface area contributed by atoms with Crippen LogP contribution in [0.5, 0.6) is 0 Å². The van der Waals surface area contributed by atoms with Gasteiger partial charge in [-0.15, -0.1) is 0 Å². The zero-order chi connectivity index (χ0) is 11.7. The predicted octanol–water partition coefficient (Wildman–Crippen LogP) is 3.00. The van der Waals surface area contributed by atoms with Gasteiger partial charge >= 0.3 is 0 Å². The molecular formula is C14H18N2O. The number of likely N-dealkylation sites (tertiary alicyclic amines) is 1. The van der Waals surface area contributed by atoms with E-state index in [1.807, 2.05) is 18.2 Å². The number of hydrogen-bond donors (Lipinski definition) is 1. The molecule has 0 spiro atoms. The van der Waals surface area contributed by atoms with E-state index in [4.69, 9.17) is 10.2 Å². The van der Waals surface area contributed by atoms with Crippen molar-refractivity contribution in [2.24, 2.45) is 0 Å². The van der Waals surface area contributed by atoms with Crippen molar-refractivity contribution in [1.29, 1.82) is 0 Å². The SMILES string of the molecule is Nc1ccc2oc(CN3CCCCC3)cc2c1. The highest BCUT2D eigenvalue weighted by atomic mass is 16.3. The number of benzene rings is 1. The third kappa shape index (κ3) is 2.29. The molecule has 90 valence electrons. The summed E-state index contributed by atoms with van der Waals surface area (Å²) < 4.78 is 5.83. The van der Waals surface area contributed by atoms with Gasteiger partial charge in [0, 0.05) is 11.1 Å². The lowest BCUT2D eigenvalue weighted by Gasteiger charge is -2.25. The fourth-order valence-electron chi connectivity index (χ4n) is 2.53. The van der Waals surface area contributed by atoms with Gasteiger partial charge in [-0.2, -0.15) is 0 Å². The summed E-state index contributed by atoms with van der Waals surface area (Å²) in [6, 6.07) is 7.92. The van der Waals surface area contributed by atoms with Crippen molar-refractivity contribution < 1.29 is 4.42 Å². The molecule has 1 aromatic heterocycles. The van der Waals surface area contributed by atoms with E-state index in [0.717, 1.165) is 29.0 Å². The molecule has 3 rings (SSSR count). The lowest BCUT2D eigenvalue weighted by atomic mass is 10.1. The molecule has 2 heterocycles. The van der Waals surface area contributed by atoms with Gasteiger partial charge in [0.15, 0.2) is 0 Å². The number of anilines is 1. The van der Waals surface area contributed by atoms with Gasteiger partial charge in [0.25, 0.3) is 0 Å². The Kier molecular flexibility index (Phi) is 2.77. The monoisotopic (exact) mass is 230 g/mol. The largest absolute Gasteiger partial charge is 0.460 e. The molecule has 1 aromatic carbocycles. The number of hydrogen-bond acceptors (Lipinski definition) is 3. The standard InChI is InChI=1S/C14H18N2O/c15-12-4-5-14-11(8-12)9-13(17-14)10-16-6-2-1-3-7-16/h4-5,8-9H,1-3,6-7,10,15H2. The minimum Gasteiger partial charge on any atom is -0.460 e. The molecule has 0 aliphatic carbocycles. The second-order valence-corrected chi connectivity index (χ2v) is 4.85. The highest BCUT2D eigenvalue weighted by Crippen LogP contribution is 2.23. The highest BCUT2D eigenvalue weighted by Gasteiger charge is 2.12. The van der Waals surface area contributed by atoms with Gasteiger partial charge in [-0.25, -0.2) is 0 Å². The number of nitrogens with two attached hydrogens (primary N) is 1. The van der Waals surface area contributed by atoms with E-state index in [1.54, 1.807) is 0 Å². The van der Waals surface area contributed by atoms with Crippen molar-refractivity contribution in [3.05, 3.63) is 30.0 Å². The third-order valence-electron chi connectivity index (χ3n) is 3.42. The molecule has 1 saturated heterocycles. The Morgan fingerprint density at radius 2 is 1.94 bits per heavy atom. The van der Waals surface area contributed by atoms with Crippen LogP contribution in [0, 0.1) is 0 Å². The maximum atomic E-state index is 5.83. The summed E-state index contributed by atoms with van der Waals surface area (Å²) in [6.07, 6.45) is 3.99. The average molecular weight is 230 g/mol. The predicted molar refractivity (Wildman–Crippen MR) is 69.8 cm³/mol.